The van der Waals surface area contributed by atoms with Gasteiger partial charge in [-0.1, -0.05) is 12.8 Å². The fraction of sp³-hybridized carbons (Fsp3) is 0.700. The number of aliphatic carboxylic acids is 1. The molecule has 82 valence electrons. The van der Waals surface area contributed by atoms with Gasteiger partial charge in [-0.15, -0.1) is 10.2 Å². The van der Waals surface area contributed by atoms with Crippen LogP contribution in [0.1, 0.15) is 25.7 Å². The van der Waals surface area contributed by atoms with E-state index >= 15 is 0 Å². The lowest BCUT2D eigenvalue weighted by atomic mass is 9.79. The summed E-state index contributed by atoms with van der Waals surface area (Å²) in [7, 11) is 0. The minimum absolute atomic E-state index is 0.193. The van der Waals surface area contributed by atoms with E-state index in [-0.39, 0.29) is 11.8 Å². The number of hydrogen-bond donors (Lipinski definition) is 1. The van der Waals surface area contributed by atoms with Crippen molar-refractivity contribution in [1.29, 1.82) is 0 Å². The topological polar surface area (TPSA) is 68.0 Å². The van der Waals surface area contributed by atoms with Gasteiger partial charge in [-0.05, 0) is 18.8 Å². The van der Waals surface area contributed by atoms with Crippen molar-refractivity contribution in [2.24, 2.45) is 11.8 Å². The van der Waals surface area contributed by atoms with Gasteiger partial charge in [0, 0.05) is 6.54 Å². The van der Waals surface area contributed by atoms with E-state index in [4.69, 9.17) is 5.11 Å². The summed E-state index contributed by atoms with van der Waals surface area (Å²) in [6.07, 6.45) is 7.27. The largest absolute Gasteiger partial charge is 0.481 e. The summed E-state index contributed by atoms with van der Waals surface area (Å²) in [6.45, 7) is 0.726. The molecule has 0 aromatic carbocycles. The van der Waals surface area contributed by atoms with Crippen LogP contribution in [0, 0.1) is 11.8 Å². The van der Waals surface area contributed by atoms with E-state index in [0.717, 1.165) is 32.2 Å². The molecule has 0 amide bonds. The highest BCUT2D eigenvalue weighted by Crippen LogP contribution is 2.31. The zero-order chi connectivity index (χ0) is 10.7. The van der Waals surface area contributed by atoms with E-state index in [1.165, 1.54) is 0 Å². The van der Waals surface area contributed by atoms with Crippen molar-refractivity contribution in [3.05, 3.63) is 12.7 Å². The number of nitrogens with zero attached hydrogens (tertiary/aromatic N) is 3. The molecule has 0 radical (unpaired) electrons. The summed E-state index contributed by atoms with van der Waals surface area (Å²) in [6, 6.07) is 0. The number of rotatable bonds is 3. The number of hydrogen-bond acceptors (Lipinski definition) is 3. The first-order valence-corrected chi connectivity index (χ1v) is 5.32. The Kier molecular flexibility index (Phi) is 2.99. The minimum Gasteiger partial charge on any atom is -0.481 e. The van der Waals surface area contributed by atoms with Crippen molar-refractivity contribution in [2.75, 3.05) is 0 Å². The predicted octanol–water partition coefficient (Wildman–Crippen LogP) is 1.17. The highest BCUT2D eigenvalue weighted by molar-refractivity contribution is 5.70. The maximum absolute atomic E-state index is 11.1. The van der Waals surface area contributed by atoms with Crippen LogP contribution >= 0.6 is 0 Å². The average molecular weight is 209 g/mol. The molecule has 2 atom stereocenters. The molecule has 1 saturated carbocycles. The van der Waals surface area contributed by atoms with Crippen LogP contribution in [0.25, 0.3) is 0 Å². The molecule has 1 heterocycles. The van der Waals surface area contributed by atoms with Gasteiger partial charge >= 0.3 is 5.97 Å². The molecule has 0 bridgehead atoms. The molecule has 2 unspecified atom stereocenters. The van der Waals surface area contributed by atoms with Gasteiger partial charge < -0.3 is 9.67 Å². The maximum Gasteiger partial charge on any atom is 0.306 e. The van der Waals surface area contributed by atoms with Gasteiger partial charge in [0.1, 0.15) is 12.7 Å². The number of carbonyl (C=O) groups is 1. The van der Waals surface area contributed by atoms with Crippen LogP contribution in [-0.4, -0.2) is 25.8 Å². The molecule has 0 aliphatic heterocycles. The van der Waals surface area contributed by atoms with Gasteiger partial charge in [0.25, 0.3) is 0 Å². The Hall–Kier alpha value is -1.39. The van der Waals surface area contributed by atoms with E-state index in [1.807, 2.05) is 4.57 Å². The zero-order valence-electron chi connectivity index (χ0n) is 8.54. The summed E-state index contributed by atoms with van der Waals surface area (Å²) in [4.78, 5) is 11.1. The molecule has 5 heteroatoms. The Bertz CT molecular complexity index is 323. The molecule has 1 N–H and O–H groups in total. The summed E-state index contributed by atoms with van der Waals surface area (Å²) >= 11 is 0. The van der Waals surface area contributed by atoms with Gasteiger partial charge in [-0.25, -0.2) is 0 Å². The molecular formula is C10H15N3O2. The van der Waals surface area contributed by atoms with Crippen molar-refractivity contribution >= 4 is 5.97 Å². The van der Waals surface area contributed by atoms with E-state index in [0.29, 0.717) is 0 Å². The van der Waals surface area contributed by atoms with Crippen molar-refractivity contribution in [1.82, 2.24) is 14.8 Å². The molecule has 1 aliphatic carbocycles. The van der Waals surface area contributed by atoms with Crippen LogP contribution < -0.4 is 0 Å². The lowest BCUT2D eigenvalue weighted by Gasteiger charge is -2.28. The predicted molar refractivity (Wildman–Crippen MR) is 53.1 cm³/mol. The molecule has 5 nitrogen and oxygen atoms in total. The third-order valence-corrected chi connectivity index (χ3v) is 3.14. The normalized spacial score (nSPS) is 26.4. The Balaban J connectivity index is 2.02. The van der Waals surface area contributed by atoms with Crippen LogP contribution in [-0.2, 0) is 11.3 Å². The van der Waals surface area contributed by atoms with Crippen molar-refractivity contribution in [3.8, 4) is 0 Å². The van der Waals surface area contributed by atoms with Gasteiger partial charge in [-0.3, -0.25) is 4.79 Å². The molecule has 0 saturated heterocycles. The molecule has 2 rings (SSSR count). The SMILES string of the molecule is O=C(O)C1CCCCC1Cn1cnnc1. The Morgan fingerprint density at radius 3 is 2.67 bits per heavy atom. The number of aromatic nitrogens is 3. The van der Waals surface area contributed by atoms with Crippen LogP contribution in [0.5, 0.6) is 0 Å². The second-order valence-electron chi connectivity index (χ2n) is 4.15. The van der Waals surface area contributed by atoms with Crippen molar-refractivity contribution in [3.63, 3.8) is 0 Å². The average Bonchev–Trinajstić information content (AvgIpc) is 2.71. The first-order chi connectivity index (χ1) is 7.27. The molecule has 1 aromatic heterocycles. The first-order valence-electron chi connectivity index (χ1n) is 5.32. The Labute approximate surface area is 88.1 Å². The van der Waals surface area contributed by atoms with Crippen LogP contribution in [0.15, 0.2) is 12.7 Å². The number of carboxylic acid groups (broad SMARTS) is 1. The lowest BCUT2D eigenvalue weighted by molar-refractivity contribution is -0.145. The third-order valence-electron chi connectivity index (χ3n) is 3.14. The van der Waals surface area contributed by atoms with E-state index in [1.54, 1.807) is 12.7 Å². The number of carboxylic acids is 1. The zero-order valence-corrected chi connectivity index (χ0v) is 8.54. The van der Waals surface area contributed by atoms with Gasteiger partial charge in [0.05, 0.1) is 5.92 Å². The highest BCUT2D eigenvalue weighted by atomic mass is 16.4. The molecule has 1 aliphatic rings. The van der Waals surface area contributed by atoms with Gasteiger partial charge in [0.2, 0.25) is 0 Å². The monoisotopic (exact) mass is 209 g/mol. The fourth-order valence-corrected chi connectivity index (χ4v) is 2.34. The highest BCUT2D eigenvalue weighted by Gasteiger charge is 2.30. The quantitative estimate of drug-likeness (QED) is 0.811. The fourth-order valence-electron chi connectivity index (χ4n) is 2.34. The second kappa shape index (κ2) is 4.42. The van der Waals surface area contributed by atoms with E-state index < -0.39 is 5.97 Å². The van der Waals surface area contributed by atoms with E-state index in [9.17, 15) is 4.79 Å². The molecule has 15 heavy (non-hydrogen) atoms. The minimum atomic E-state index is -0.659. The van der Waals surface area contributed by atoms with E-state index in [2.05, 4.69) is 10.2 Å². The summed E-state index contributed by atoms with van der Waals surface area (Å²) in [5.41, 5.74) is 0. The van der Waals surface area contributed by atoms with Gasteiger partial charge in [-0.2, -0.15) is 0 Å². The smallest absolute Gasteiger partial charge is 0.306 e. The molecule has 1 aromatic rings. The standard InChI is InChI=1S/C10H15N3O2/c14-10(15)9-4-2-1-3-8(9)5-13-6-11-12-7-13/h6-9H,1-5H2,(H,14,15). The molecule has 1 fully saturated rings. The summed E-state index contributed by atoms with van der Waals surface area (Å²) in [5.74, 6) is -0.624. The molecular weight excluding hydrogens is 194 g/mol. The Morgan fingerprint density at radius 2 is 2.00 bits per heavy atom. The third kappa shape index (κ3) is 2.34. The lowest BCUT2D eigenvalue weighted by Crippen LogP contribution is -2.29. The van der Waals surface area contributed by atoms with Crippen LogP contribution in [0.4, 0.5) is 0 Å². The first kappa shape index (κ1) is 10.1. The summed E-state index contributed by atoms with van der Waals surface area (Å²) in [5, 5.41) is 16.5. The van der Waals surface area contributed by atoms with Crippen molar-refractivity contribution in [2.45, 2.75) is 32.2 Å². The maximum atomic E-state index is 11.1. The second-order valence-corrected chi connectivity index (χ2v) is 4.15. The summed E-state index contributed by atoms with van der Waals surface area (Å²) < 4.78 is 1.87. The van der Waals surface area contributed by atoms with Crippen LogP contribution in [0.3, 0.4) is 0 Å². The van der Waals surface area contributed by atoms with Crippen molar-refractivity contribution < 1.29 is 9.90 Å². The Morgan fingerprint density at radius 1 is 1.33 bits per heavy atom. The van der Waals surface area contributed by atoms with Gasteiger partial charge in [0.15, 0.2) is 0 Å². The molecule has 0 spiro atoms. The van der Waals surface area contributed by atoms with Crippen LogP contribution in [0.2, 0.25) is 0 Å².